The van der Waals surface area contributed by atoms with E-state index in [1.54, 1.807) is 0 Å². The van der Waals surface area contributed by atoms with Gasteiger partial charge in [-0.25, -0.2) is 4.39 Å². The summed E-state index contributed by atoms with van der Waals surface area (Å²) in [7, 11) is 0. The van der Waals surface area contributed by atoms with Crippen molar-refractivity contribution in [1.29, 1.82) is 0 Å². The number of nitrogens with two attached hydrogens (primary N) is 1. The van der Waals surface area contributed by atoms with Gasteiger partial charge in [-0.1, -0.05) is 0 Å². The Bertz CT molecular complexity index is 480. The van der Waals surface area contributed by atoms with Crippen molar-refractivity contribution in [2.45, 2.75) is 31.3 Å². The molecule has 4 heteroatoms. The van der Waals surface area contributed by atoms with Crippen LogP contribution in [0.15, 0.2) is 12.1 Å². The number of hydrogen-bond donors (Lipinski definition) is 1. The fourth-order valence-electron chi connectivity index (χ4n) is 2.33. The van der Waals surface area contributed by atoms with Gasteiger partial charge in [-0.3, -0.25) is 4.79 Å². The predicted octanol–water partition coefficient (Wildman–Crippen LogP) is 1.83. The first kappa shape index (κ1) is 9.63. The molecule has 1 aromatic rings. The maximum Gasteiger partial charge on any atom is 0.180 e. The van der Waals surface area contributed by atoms with Gasteiger partial charge in [0.1, 0.15) is 11.6 Å². The molecule has 1 spiro atoms. The quantitative estimate of drug-likeness (QED) is 0.680. The van der Waals surface area contributed by atoms with E-state index in [9.17, 15) is 9.18 Å². The molecule has 1 heterocycles. The van der Waals surface area contributed by atoms with Crippen LogP contribution >= 0.6 is 0 Å². The molecule has 0 unspecified atom stereocenters. The first-order chi connectivity index (χ1) is 7.61. The number of ether oxygens (including phenoxy) is 1. The van der Waals surface area contributed by atoms with Gasteiger partial charge in [0.15, 0.2) is 11.4 Å². The molecule has 1 aliphatic heterocycles. The lowest BCUT2D eigenvalue weighted by atomic mass is 9.73. The third-order valence-corrected chi connectivity index (χ3v) is 3.51. The largest absolute Gasteiger partial charge is 0.479 e. The van der Waals surface area contributed by atoms with Gasteiger partial charge in [0.05, 0.1) is 5.69 Å². The Kier molecular flexibility index (Phi) is 1.79. The first-order valence-corrected chi connectivity index (χ1v) is 5.41. The Labute approximate surface area is 92.4 Å². The Balaban J connectivity index is 2.05. The summed E-state index contributed by atoms with van der Waals surface area (Å²) in [4.78, 5) is 11.9. The zero-order valence-electron chi connectivity index (χ0n) is 8.75. The van der Waals surface area contributed by atoms with Gasteiger partial charge in [0, 0.05) is 18.1 Å². The molecule has 1 saturated carbocycles. The number of benzene rings is 1. The molecule has 3 rings (SSSR count). The average molecular weight is 221 g/mol. The van der Waals surface area contributed by atoms with Crippen molar-refractivity contribution in [1.82, 2.24) is 0 Å². The highest BCUT2D eigenvalue weighted by molar-refractivity contribution is 5.92. The van der Waals surface area contributed by atoms with Crippen LogP contribution in [0.25, 0.3) is 0 Å². The van der Waals surface area contributed by atoms with Gasteiger partial charge < -0.3 is 10.5 Å². The number of carbonyl (C=O) groups excluding carboxylic acids is 1. The molecule has 2 aliphatic rings. The maximum absolute atomic E-state index is 13.3. The lowest BCUT2D eigenvalue weighted by Gasteiger charge is -2.43. The van der Waals surface area contributed by atoms with Crippen LogP contribution in [0.5, 0.6) is 5.75 Å². The van der Waals surface area contributed by atoms with Crippen LogP contribution in [-0.4, -0.2) is 11.4 Å². The molecule has 1 aliphatic carbocycles. The van der Waals surface area contributed by atoms with Crippen molar-refractivity contribution in [2.24, 2.45) is 0 Å². The van der Waals surface area contributed by atoms with E-state index >= 15 is 0 Å². The number of ketones is 1. The summed E-state index contributed by atoms with van der Waals surface area (Å²) in [6.45, 7) is 0. The Morgan fingerprint density at radius 3 is 2.75 bits per heavy atom. The minimum Gasteiger partial charge on any atom is -0.479 e. The number of fused-ring (bicyclic) bond motifs is 1. The molecule has 2 N–H and O–H groups in total. The lowest BCUT2D eigenvalue weighted by molar-refractivity contribution is -0.143. The van der Waals surface area contributed by atoms with Crippen LogP contribution in [0.4, 0.5) is 10.1 Å². The number of carbonyl (C=O) groups is 1. The second kappa shape index (κ2) is 2.97. The Hall–Kier alpha value is -1.58. The van der Waals surface area contributed by atoms with E-state index in [1.165, 1.54) is 12.1 Å². The van der Waals surface area contributed by atoms with Crippen LogP contribution in [0.1, 0.15) is 24.8 Å². The molecule has 0 bridgehead atoms. The normalized spacial score (nSPS) is 21.2. The van der Waals surface area contributed by atoms with Crippen molar-refractivity contribution in [3.05, 3.63) is 23.5 Å². The number of anilines is 1. The van der Waals surface area contributed by atoms with E-state index in [4.69, 9.17) is 10.5 Å². The SMILES string of the molecule is Nc1cc2c(cc1F)OC1(CCC1)C(=O)C2. The molecule has 0 saturated heterocycles. The molecule has 0 aromatic heterocycles. The number of hydrogen-bond acceptors (Lipinski definition) is 3. The highest BCUT2D eigenvalue weighted by atomic mass is 19.1. The minimum atomic E-state index is -0.657. The van der Waals surface area contributed by atoms with Crippen molar-refractivity contribution >= 4 is 11.5 Å². The van der Waals surface area contributed by atoms with Crippen molar-refractivity contribution in [3.63, 3.8) is 0 Å². The highest BCUT2D eigenvalue weighted by Gasteiger charge is 2.48. The molecule has 3 nitrogen and oxygen atoms in total. The monoisotopic (exact) mass is 221 g/mol. The summed E-state index contributed by atoms with van der Waals surface area (Å²) in [6, 6.07) is 2.78. The fourth-order valence-corrected chi connectivity index (χ4v) is 2.33. The topological polar surface area (TPSA) is 52.3 Å². The van der Waals surface area contributed by atoms with E-state index < -0.39 is 11.4 Å². The van der Waals surface area contributed by atoms with Gasteiger partial charge in [-0.2, -0.15) is 0 Å². The van der Waals surface area contributed by atoms with E-state index in [0.717, 1.165) is 19.3 Å². The minimum absolute atomic E-state index is 0.0692. The summed E-state index contributed by atoms with van der Waals surface area (Å²) in [6.07, 6.45) is 2.80. The summed E-state index contributed by atoms with van der Waals surface area (Å²) in [5.41, 5.74) is 5.57. The number of halogens is 1. The number of rotatable bonds is 0. The zero-order chi connectivity index (χ0) is 11.3. The van der Waals surface area contributed by atoms with Crippen LogP contribution < -0.4 is 10.5 Å². The predicted molar refractivity (Wildman–Crippen MR) is 56.7 cm³/mol. The van der Waals surface area contributed by atoms with Crippen molar-refractivity contribution in [3.8, 4) is 5.75 Å². The summed E-state index contributed by atoms with van der Waals surface area (Å²) in [5.74, 6) is 0.0887. The maximum atomic E-state index is 13.3. The van der Waals surface area contributed by atoms with Gasteiger partial charge in [0.25, 0.3) is 0 Å². The molecule has 0 amide bonds. The Morgan fingerprint density at radius 2 is 2.12 bits per heavy atom. The van der Waals surface area contributed by atoms with Gasteiger partial charge in [0.2, 0.25) is 0 Å². The van der Waals surface area contributed by atoms with Gasteiger partial charge in [-0.05, 0) is 25.3 Å². The van der Waals surface area contributed by atoms with Crippen LogP contribution in [-0.2, 0) is 11.2 Å². The third kappa shape index (κ3) is 1.16. The second-order valence-corrected chi connectivity index (χ2v) is 4.53. The zero-order valence-corrected chi connectivity index (χ0v) is 8.75. The molecule has 0 atom stereocenters. The van der Waals surface area contributed by atoms with Crippen LogP contribution in [0, 0.1) is 5.82 Å². The van der Waals surface area contributed by atoms with Crippen molar-refractivity contribution < 1.29 is 13.9 Å². The first-order valence-electron chi connectivity index (χ1n) is 5.41. The molecule has 1 fully saturated rings. The van der Waals surface area contributed by atoms with E-state index in [-0.39, 0.29) is 11.5 Å². The fraction of sp³-hybridized carbons (Fsp3) is 0.417. The smallest absolute Gasteiger partial charge is 0.180 e. The van der Waals surface area contributed by atoms with Crippen LogP contribution in [0.3, 0.4) is 0 Å². The molecule has 1 aromatic carbocycles. The van der Waals surface area contributed by atoms with E-state index in [1.807, 2.05) is 0 Å². The van der Waals surface area contributed by atoms with E-state index in [2.05, 4.69) is 0 Å². The van der Waals surface area contributed by atoms with Gasteiger partial charge >= 0.3 is 0 Å². The standard InChI is InChI=1S/C12H12FNO2/c13-8-6-10-7(4-9(8)14)5-11(15)12(16-10)2-1-3-12/h4,6H,1-3,5,14H2. The number of nitrogen functional groups attached to an aromatic ring is 1. The lowest BCUT2D eigenvalue weighted by Crippen LogP contribution is -2.53. The molecular formula is C12H12FNO2. The molecule has 84 valence electrons. The molecule has 0 radical (unpaired) electrons. The Morgan fingerprint density at radius 1 is 1.38 bits per heavy atom. The average Bonchev–Trinajstić information content (AvgIpc) is 2.17. The van der Waals surface area contributed by atoms with Gasteiger partial charge in [-0.15, -0.1) is 0 Å². The van der Waals surface area contributed by atoms with Crippen molar-refractivity contribution in [2.75, 3.05) is 5.73 Å². The molecular weight excluding hydrogens is 209 g/mol. The third-order valence-electron chi connectivity index (χ3n) is 3.51. The second-order valence-electron chi connectivity index (χ2n) is 4.53. The summed E-state index contributed by atoms with van der Waals surface area (Å²) >= 11 is 0. The number of Topliss-reactive ketones (excluding diaryl/α,β-unsaturated/α-hetero) is 1. The van der Waals surface area contributed by atoms with Crippen LogP contribution in [0.2, 0.25) is 0 Å². The molecule has 16 heavy (non-hydrogen) atoms. The summed E-state index contributed by atoms with van der Waals surface area (Å²) < 4.78 is 18.9. The van der Waals surface area contributed by atoms with E-state index in [0.29, 0.717) is 17.7 Å². The highest BCUT2D eigenvalue weighted by Crippen LogP contribution is 2.43. The summed E-state index contributed by atoms with van der Waals surface area (Å²) in [5, 5.41) is 0.